The quantitative estimate of drug-likeness (QED) is 0.0263. The molecule has 0 heterocycles. The maximum atomic E-state index is 12.8. The lowest BCUT2D eigenvalue weighted by Gasteiger charge is -2.18. The van der Waals surface area contributed by atoms with Crippen LogP contribution in [0.15, 0.2) is 48.6 Å². The summed E-state index contributed by atoms with van der Waals surface area (Å²) >= 11 is 0. The number of ether oxygens (including phenoxy) is 3. The first-order chi connectivity index (χ1) is 29.5. The second-order valence-corrected chi connectivity index (χ2v) is 17.1. The van der Waals surface area contributed by atoms with Crippen LogP contribution in [0.4, 0.5) is 0 Å². The van der Waals surface area contributed by atoms with E-state index in [0.717, 1.165) is 70.6 Å². The summed E-state index contributed by atoms with van der Waals surface area (Å²) in [5.41, 5.74) is 0. The summed E-state index contributed by atoms with van der Waals surface area (Å²) < 4.78 is 16.7. The molecule has 0 N–H and O–H groups in total. The summed E-state index contributed by atoms with van der Waals surface area (Å²) in [5.74, 6) is -0.963. The lowest BCUT2D eigenvalue weighted by molar-refractivity contribution is -0.166. The molecule has 0 saturated carbocycles. The third kappa shape index (κ3) is 46.4. The fourth-order valence-electron chi connectivity index (χ4n) is 7.24. The number of unbranched alkanes of at least 4 members (excludes halogenated alkanes) is 27. The topological polar surface area (TPSA) is 78.9 Å². The summed E-state index contributed by atoms with van der Waals surface area (Å²) in [7, 11) is 0. The Labute approximate surface area is 371 Å². The number of hydrogen-bond donors (Lipinski definition) is 0. The van der Waals surface area contributed by atoms with Crippen LogP contribution in [0.2, 0.25) is 0 Å². The van der Waals surface area contributed by atoms with Gasteiger partial charge < -0.3 is 14.2 Å². The van der Waals surface area contributed by atoms with E-state index in [4.69, 9.17) is 14.2 Å². The first-order valence-corrected chi connectivity index (χ1v) is 25.6. The predicted molar refractivity (Wildman–Crippen MR) is 256 cm³/mol. The van der Waals surface area contributed by atoms with Crippen LogP contribution in [0.1, 0.15) is 258 Å². The van der Waals surface area contributed by atoms with Crippen LogP contribution in [0, 0.1) is 0 Å². The molecule has 0 aromatic heterocycles. The van der Waals surface area contributed by atoms with Crippen molar-refractivity contribution in [1.29, 1.82) is 0 Å². The normalized spacial score (nSPS) is 12.4. The van der Waals surface area contributed by atoms with Crippen LogP contribution in [-0.4, -0.2) is 37.2 Å². The van der Waals surface area contributed by atoms with Crippen LogP contribution in [-0.2, 0) is 28.6 Å². The van der Waals surface area contributed by atoms with E-state index in [2.05, 4.69) is 63.3 Å². The Hall–Kier alpha value is -2.63. The zero-order chi connectivity index (χ0) is 43.7. The molecule has 60 heavy (non-hydrogen) atoms. The van der Waals surface area contributed by atoms with Gasteiger partial charge in [0.05, 0.1) is 0 Å². The van der Waals surface area contributed by atoms with Gasteiger partial charge in [0, 0.05) is 19.3 Å². The molecule has 0 fully saturated rings. The fourth-order valence-corrected chi connectivity index (χ4v) is 7.24. The van der Waals surface area contributed by atoms with Crippen molar-refractivity contribution in [3.8, 4) is 0 Å². The van der Waals surface area contributed by atoms with Gasteiger partial charge in [0.15, 0.2) is 6.10 Å². The van der Waals surface area contributed by atoms with Gasteiger partial charge >= 0.3 is 17.9 Å². The molecule has 6 heteroatoms. The van der Waals surface area contributed by atoms with Gasteiger partial charge in [0.1, 0.15) is 13.2 Å². The summed E-state index contributed by atoms with van der Waals surface area (Å²) in [6.45, 7) is 6.48. The minimum atomic E-state index is -0.796. The highest BCUT2D eigenvalue weighted by Crippen LogP contribution is 2.15. The van der Waals surface area contributed by atoms with Crippen molar-refractivity contribution < 1.29 is 28.6 Å². The van der Waals surface area contributed by atoms with E-state index in [1.807, 2.05) is 6.08 Å². The van der Waals surface area contributed by atoms with Gasteiger partial charge in [0.25, 0.3) is 0 Å². The second-order valence-electron chi connectivity index (χ2n) is 17.1. The van der Waals surface area contributed by atoms with Crippen molar-refractivity contribution in [2.45, 2.75) is 264 Å². The average molecular weight is 841 g/mol. The number of hydrogen-bond acceptors (Lipinski definition) is 6. The standard InChI is InChI=1S/C54H96O6/c1-4-7-10-13-16-19-22-25-27-30-32-35-38-41-44-47-53(56)59-50-51(49-58-52(55)46-43-40-37-34-31-28-24-21-18-15-12-9-6-3)60-54(57)48-45-42-39-36-33-29-26-23-20-17-14-11-8-5-2/h8,11,17,20,28,31,37,40,51H,4-7,9-10,12-16,18-19,21-27,29-30,32-36,38-39,41-50H2,1-3H3/b11-8-,20-17-,31-28-,40-37-. The molecule has 0 aromatic rings. The Morgan fingerprint density at radius 1 is 0.350 bits per heavy atom. The van der Waals surface area contributed by atoms with Crippen LogP contribution < -0.4 is 0 Å². The van der Waals surface area contributed by atoms with E-state index in [1.54, 1.807) is 0 Å². The van der Waals surface area contributed by atoms with Crippen LogP contribution in [0.3, 0.4) is 0 Å². The molecule has 348 valence electrons. The molecule has 0 aliphatic carbocycles. The van der Waals surface area contributed by atoms with Crippen molar-refractivity contribution in [3.63, 3.8) is 0 Å². The molecule has 0 aliphatic heterocycles. The average Bonchev–Trinajstić information content (AvgIpc) is 3.24. The van der Waals surface area contributed by atoms with Gasteiger partial charge in [-0.05, 0) is 64.2 Å². The van der Waals surface area contributed by atoms with Crippen LogP contribution in [0.25, 0.3) is 0 Å². The summed E-state index contributed by atoms with van der Waals surface area (Å²) in [6, 6.07) is 0. The number of allylic oxidation sites excluding steroid dienone is 8. The van der Waals surface area contributed by atoms with Gasteiger partial charge in [0.2, 0.25) is 0 Å². The summed E-state index contributed by atoms with van der Waals surface area (Å²) in [4.78, 5) is 37.9. The van der Waals surface area contributed by atoms with Gasteiger partial charge in [-0.15, -0.1) is 0 Å². The molecule has 0 bridgehead atoms. The van der Waals surface area contributed by atoms with E-state index in [1.165, 1.54) is 141 Å². The lowest BCUT2D eigenvalue weighted by Crippen LogP contribution is -2.30. The molecule has 0 aromatic carbocycles. The monoisotopic (exact) mass is 841 g/mol. The van der Waals surface area contributed by atoms with E-state index < -0.39 is 6.10 Å². The van der Waals surface area contributed by atoms with Gasteiger partial charge in [-0.1, -0.05) is 223 Å². The van der Waals surface area contributed by atoms with E-state index >= 15 is 0 Å². The van der Waals surface area contributed by atoms with Crippen molar-refractivity contribution in [1.82, 2.24) is 0 Å². The maximum Gasteiger partial charge on any atom is 0.306 e. The molecule has 6 nitrogen and oxygen atoms in total. The molecule has 0 aliphatic rings. The second kappa shape index (κ2) is 49.0. The predicted octanol–water partition coefficient (Wildman–Crippen LogP) is 16.7. The lowest BCUT2D eigenvalue weighted by atomic mass is 10.0. The number of rotatable bonds is 46. The SMILES string of the molecule is CC/C=C\C/C=C\CCCCCCCCCC(=O)OC(COC(=O)CC/C=C\C/C=C\CCCCCCCC)COC(=O)CCCCCCCCCCCCCCCCC. The summed E-state index contributed by atoms with van der Waals surface area (Å²) in [5, 5.41) is 0. The highest BCUT2D eigenvalue weighted by molar-refractivity contribution is 5.71. The number of carbonyl (C=O) groups is 3. The largest absolute Gasteiger partial charge is 0.462 e. The molecule has 0 amide bonds. The molecule has 0 spiro atoms. The Kier molecular flexibility index (Phi) is 46.9. The minimum Gasteiger partial charge on any atom is -0.462 e. The molecule has 0 saturated heterocycles. The maximum absolute atomic E-state index is 12.8. The Morgan fingerprint density at radius 3 is 1.10 bits per heavy atom. The van der Waals surface area contributed by atoms with Crippen molar-refractivity contribution >= 4 is 17.9 Å². The molecule has 1 atom stereocenters. The highest BCUT2D eigenvalue weighted by Gasteiger charge is 2.19. The van der Waals surface area contributed by atoms with Gasteiger partial charge in [-0.25, -0.2) is 0 Å². The Bertz CT molecular complexity index is 1060. The molecule has 0 rings (SSSR count). The van der Waals surface area contributed by atoms with Crippen molar-refractivity contribution in [3.05, 3.63) is 48.6 Å². The third-order valence-electron chi connectivity index (χ3n) is 11.1. The highest BCUT2D eigenvalue weighted by atomic mass is 16.6. The molecule has 0 radical (unpaired) electrons. The Morgan fingerprint density at radius 2 is 0.683 bits per heavy atom. The third-order valence-corrected chi connectivity index (χ3v) is 11.1. The number of esters is 3. The van der Waals surface area contributed by atoms with E-state index in [0.29, 0.717) is 19.3 Å². The van der Waals surface area contributed by atoms with Crippen LogP contribution >= 0.6 is 0 Å². The molecular weight excluding hydrogens is 745 g/mol. The zero-order valence-electron chi connectivity index (χ0n) is 39.7. The smallest absolute Gasteiger partial charge is 0.306 e. The fraction of sp³-hybridized carbons (Fsp3) is 0.796. The van der Waals surface area contributed by atoms with Crippen molar-refractivity contribution in [2.75, 3.05) is 13.2 Å². The summed E-state index contributed by atoms with van der Waals surface area (Å²) in [6.07, 6.45) is 58.2. The van der Waals surface area contributed by atoms with Crippen molar-refractivity contribution in [2.24, 2.45) is 0 Å². The zero-order valence-corrected chi connectivity index (χ0v) is 39.7. The first-order valence-electron chi connectivity index (χ1n) is 25.6. The number of carbonyl (C=O) groups excluding carboxylic acids is 3. The van der Waals surface area contributed by atoms with E-state index in [-0.39, 0.29) is 37.5 Å². The first kappa shape index (κ1) is 57.4. The van der Waals surface area contributed by atoms with Crippen LogP contribution in [0.5, 0.6) is 0 Å². The molecule has 1 unspecified atom stereocenters. The van der Waals surface area contributed by atoms with E-state index in [9.17, 15) is 14.4 Å². The molecular formula is C54H96O6. The Balaban J connectivity index is 4.42. The van der Waals surface area contributed by atoms with Gasteiger partial charge in [-0.3, -0.25) is 14.4 Å². The minimum absolute atomic E-state index is 0.0911. The van der Waals surface area contributed by atoms with Gasteiger partial charge in [-0.2, -0.15) is 0 Å².